The minimum absolute atomic E-state index is 0.0465. The third-order valence-electron chi connectivity index (χ3n) is 5.13. The lowest BCUT2D eigenvalue weighted by Crippen LogP contribution is -2.41. The van der Waals surface area contributed by atoms with E-state index in [1.54, 1.807) is 32.0 Å². The van der Waals surface area contributed by atoms with Gasteiger partial charge >= 0.3 is 5.97 Å². The van der Waals surface area contributed by atoms with E-state index >= 15 is 0 Å². The van der Waals surface area contributed by atoms with E-state index in [0.717, 1.165) is 11.1 Å². The molecule has 35 heavy (non-hydrogen) atoms. The van der Waals surface area contributed by atoms with Crippen molar-refractivity contribution in [3.8, 4) is 17.2 Å². The number of carbonyl (C=O) groups is 1. The Morgan fingerprint density at radius 1 is 0.857 bits per heavy atom. The van der Waals surface area contributed by atoms with Gasteiger partial charge in [-0.2, -0.15) is 0 Å². The summed E-state index contributed by atoms with van der Waals surface area (Å²) < 4.78 is 22.8. The quantitative estimate of drug-likeness (QED) is 0.336. The van der Waals surface area contributed by atoms with Crippen molar-refractivity contribution in [3.05, 3.63) is 90.0 Å². The van der Waals surface area contributed by atoms with Gasteiger partial charge in [-0.3, -0.25) is 4.79 Å². The van der Waals surface area contributed by atoms with Crippen molar-refractivity contribution < 1.29 is 28.8 Å². The first-order chi connectivity index (χ1) is 17.0. The Bertz CT molecular complexity index is 1030. The summed E-state index contributed by atoms with van der Waals surface area (Å²) in [4.78, 5) is 11.7. The van der Waals surface area contributed by atoms with E-state index in [9.17, 15) is 9.90 Å². The van der Waals surface area contributed by atoms with Gasteiger partial charge in [-0.25, -0.2) is 0 Å². The molecule has 0 saturated heterocycles. The second-order valence-corrected chi connectivity index (χ2v) is 8.00. The van der Waals surface area contributed by atoms with Crippen molar-refractivity contribution in [1.29, 1.82) is 0 Å². The molecule has 0 saturated carbocycles. The average molecular weight is 480 g/mol. The van der Waals surface area contributed by atoms with Gasteiger partial charge in [-0.15, -0.1) is 0 Å². The summed E-state index contributed by atoms with van der Waals surface area (Å²) in [7, 11) is 0. The van der Waals surface area contributed by atoms with Crippen LogP contribution in [0.25, 0.3) is 0 Å². The van der Waals surface area contributed by atoms with Gasteiger partial charge in [0.25, 0.3) is 0 Å². The SMILES string of the molecule is CCOC(=O)[C@@H](C)NCC(O)COc1ccc(OCc2ccccc2)c(OCc2ccccc2)c1. The Hall–Kier alpha value is -3.55. The summed E-state index contributed by atoms with van der Waals surface area (Å²) >= 11 is 0. The van der Waals surface area contributed by atoms with E-state index in [0.29, 0.717) is 37.1 Å². The lowest BCUT2D eigenvalue weighted by Gasteiger charge is -2.18. The van der Waals surface area contributed by atoms with Gasteiger partial charge in [0.05, 0.1) is 6.61 Å². The van der Waals surface area contributed by atoms with E-state index in [2.05, 4.69) is 5.32 Å². The number of ether oxygens (including phenoxy) is 4. The molecule has 0 aromatic heterocycles. The van der Waals surface area contributed by atoms with Crippen LogP contribution in [0, 0.1) is 0 Å². The number of esters is 1. The molecule has 0 bridgehead atoms. The van der Waals surface area contributed by atoms with Gasteiger partial charge in [0, 0.05) is 12.6 Å². The molecule has 0 heterocycles. The van der Waals surface area contributed by atoms with E-state index in [1.807, 2.05) is 60.7 Å². The first-order valence-electron chi connectivity index (χ1n) is 11.7. The number of aliphatic hydroxyl groups excluding tert-OH is 1. The van der Waals surface area contributed by atoms with Gasteiger partial charge < -0.3 is 29.4 Å². The first kappa shape index (κ1) is 26.1. The lowest BCUT2D eigenvalue weighted by atomic mass is 10.2. The molecule has 0 amide bonds. The van der Waals surface area contributed by atoms with Gasteiger partial charge in [-0.05, 0) is 37.1 Å². The molecule has 186 valence electrons. The van der Waals surface area contributed by atoms with Crippen LogP contribution in [0.15, 0.2) is 78.9 Å². The lowest BCUT2D eigenvalue weighted by molar-refractivity contribution is -0.145. The van der Waals surface area contributed by atoms with Crippen LogP contribution in [0.4, 0.5) is 0 Å². The zero-order valence-corrected chi connectivity index (χ0v) is 20.2. The fraction of sp³-hybridized carbons (Fsp3) is 0.321. The van der Waals surface area contributed by atoms with Crippen molar-refractivity contribution >= 4 is 5.97 Å². The van der Waals surface area contributed by atoms with Crippen LogP contribution in [0.5, 0.6) is 17.2 Å². The normalized spacial score (nSPS) is 12.4. The Morgan fingerprint density at radius 2 is 1.46 bits per heavy atom. The van der Waals surface area contributed by atoms with Crippen molar-refractivity contribution in [2.75, 3.05) is 19.8 Å². The Labute approximate surface area is 206 Å². The van der Waals surface area contributed by atoms with Crippen LogP contribution in [0.1, 0.15) is 25.0 Å². The number of hydrogen-bond donors (Lipinski definition) is 2. The maximum atomic E-state index is 11.7. The zero-order chi connectivity index (χ0) is 24.9. The van der Waals surface area contributed by atoms with Crippen molar-refractivity contribution in [1.82, 2.24) is 5.32 Å². The molecule has 7 nitrogen and oxygen atoms in total. The molecule has 3 aromatic rings. The summed E-state index contributed by atoms with van der Waals surface area (Å²) in [5, 5.41) is 13.2. The van der Waals surface area contributed by atoms with Crippen LogP contribution in [0.3, 0.4) is 0 Å². The second kappa shape index (κ2) is 14.0. The van der Waals surface area contributed by atoms with Crippen molar-refractivity contribution in [3.63, 3.8) is 0 Å². The third-order valence-corrected chi connectivity index (χ3v) is 5.13. The fourth-order valence-electron chi connectivity index (χ4n) is 3.20. The highest BCUT2D eigenvalue weighted by Gasteiger charge is 2.16. The first-order valence-corrected chi connectivity index (χ1v) is 11.7. The van der Waals surface area contributed by atoms with Crippen molar-refractivity contribution in [2.45, 2.75) is 39.2 Å². The largest absolute Gasteiger partial charge is 0.491 e. The maximum absolute atomic E-state index is 11.7. The molecule has 1 unspecified atom stereocenters. The van der Waals surface area contributed by atoms with E-state index in [1.165, 1.54) is 0 Å². The monoisotopic (exact) mass is 479 g/mol. The zero-order valence-electron chi connectivity index (χ0n) is 20.2. The van der Waals surface area contributed by atoms with Gasteiger partial charge in [0.15, 0.2) is 11.5 Å². The molecule has 7 heteroatoms. The molecule has 0 spiro atoms. The minimum atomic E-state index is -0.811. The molecular formula is C28H33NO6. The number of rotatable bonds is 14. The summed E-state index contributed by atoms with van der Waals surface area (Å²) in [5.41, 5.74) is 2.08. The molecule has 0 fully saturated rings. The van der Waals surface area contributed by atoms with E-state index < -0.39 is 12.1 Å². The second-order valence-electron chi connectivity index (χ2n) is 8.00. The summed E-state index contributed by atoms with van der Waals surface area (Å²) in [6.07, 6.45) is -0.811. The number of aliphatic hydroxyl groups is 1. The highest BCUT2D eigenvalue weighted by atomic mass is 16.5. The average Bonchev–Trinajstić information content (AvgIpc) is 2.90. The van der Waals surface area contributed by atoms with Gasteiger partial charge in [-0.1, -0.05) is 60.7 Å². The predicted molar refractivity (Wildman–Crippen MR) is 134 cm³/mol. The molecule has 3 aromatic carbocycles. The fourth-order valence-corrected chi connectivity index (χ4v) is 3.20. The van der Waals surface area contributed by atoms with Gasteiger partial charge in [0.2, 0.25) is 0 Å². The summed E-state index contributed by atoms with van der Waals surface area (Å²) in [6.45, 7) is 4.78. The molecule has 0 aliphatic rings. The van der Waals surface area contributed by atoms with Crippen LogP contribution in [-0.2, 0) is 22.7 Å². The number of hydrogen-bond acceptors (Lipinski definition) is 7. The molecule has 0 aliphatic heterocycles. The highest BCUT2D eigenvalue weighted by Crippen LogP contribution is 2.33. The summed E-state index contributed by atoms with van der Waals surface area (Å²) in [6, 6.07) is 24.6. The number of benzene rings is 3. The Morgan fingerprint density at radius 3 is 2.06 bits per heavy atom. The molecule has 3 rings (SSSR count). The number of carbonyl (C=O) groups excluding carboxylic acids is 1. The molecule has 2 atom stereocenters. The molecule has 0 radical (unpaired) electrons. The summed E-state index contributed by atoms with van der Waals surface area (Å²) in [5.74, 6) is 1.33. The molecular weight excluding hydrogens is 446 g/mol. The van der Waals surface area contributed by atoms with Crippen molar-refractivity contribution in [2.24, 2.45) is 0 Å². The minimum Gasteiger partial charge on any atom is -0.491 e. The Balaban J connectivity index is 1.60. The Kier molecular flexibility index (Phi) is 10.4. The van der Waals surface area contributed by atoms with Crippen LogP contribution in [-0.4, -0.2) is 43.0 Å². The van der Waals surface area contributed by atoms with E-state index in [-0.39, 0.29) is 19.1 Å². The standard InChI is InChI=1S/C28H33NO6/c1-3-32-28(31)21(2)29-17-24(30)20-33-25-14-15-26(34-18-22-10-6-4-7-11-22)27(16-25)35-19-23-12-8-5-9-13-23/h4-16,21,24,29-30H,3,17-20H2,1-2H3/t21-,24?/m1/s1. The van der Waals surface area contributed by atoms with E-state index in [4.69, 9.17) is 18.9 Å². The number of nitrogens with one attached hydrogen (secondary N) is 1. The highest BCUT2D eigenvalue weighted by molar-refractivity contribution is 5.75. The maximum Gasteiger partial charge on any atom is 0.322 e. The topological polar surface area (TPSA) is 86.3 Å². The third kappa shape index (κ3) is 8.96. The van der Waals surface area contributed by atoms with Gasteiger partial charge in [0.1, 0.15) is 37.7 Å². The van der Waals surface area contributed by atoms with Crippen LogP contribution >= 0.6 is 0 Å². The van der Waals surface area contributed by atoms with Crippen LogP contribution in [0.2, 0.25) is 0 Å². The smallest absolute Gasteiger partial charge is 0.322 e. The predicted octanol–water partition coefficient (Wildman–Crippen LogP) is 4.13. The molecule has 2 N–H and O–H groups in total. The van der Waals surface area contributed by atoms with Crippen LogP contribution < -0.4 is 19.5 Å². The molecule has 0 aliphatic carbocycles.